The van der Waals surface area contributed by atoms with Gasteiger partial charge in [0.05, 0.1) is 21.2 Å². The second kappa shape index (κ2) is 14.2. The van der Waals surface area contributed by atoms with Crippen molar-refractivity contribution in [1.29, 1.82) is 0 Å². The van der Waals surface area contributed by atoms with Crippen molar-refractivity contribution in [2.45, 2.75) is 50.9 Å². The van der Waals surface area contributed by atoms with Crippen LogP contribution in [0, 0.1) is 6.92 Å². The molecule has 3 aromatic rings. The molecule has 0 aliphatic heterocycles. The summed E-state index contributed by atoms with van der Waals surface area (Å²) in [5, 5.41) is 2.55. The molecule has 0 spiro atoms. The molecule has 0 bridgehead atoms. The third kappa shape index (κ3) is 8.35. The number of aryl methyl sites for hydroxylation is 1. The van der Waals surface area contributed by atoms with Crippen molar-refractivity contribution in [3.8, 4) is 0 Å². The van der Waals surface area contributed by atoms with Crippen molar-refractivity contribution in [3.05, 3.63) is 92.4 Å². The minimum atomic E-state index is -4.90. The van der Waals surface area contributed by atoms with Crippen molar-refractivity contribution in [2.24, 2.45) is 0 Å². The predicted octanol–water partition coefficient (Wildman–Crippen LogP) is 7.11. The number of carbonyl (C=O) groups is 2. The molecule has 14 heteroatoms. The van der Waals surface area contributed by atoms with Crippen LogP contribution in [-0.2, 0) is 32.3 Å². The molecule has 0 fully saturated rings. The first-order valence-electron chi connectivity index (χ1n) is 13.1. The number of alkyl halides is 3. The van der Waals surface area contributed by atoms with Crippen molar-refractivity contribution in [2.75, 3.05) is 17.4 Å². The van der Waals surface area contributed by atoms with Crippen LogP contribution in [0.4, 0.5) is 18.9 Å². The molecule has 43 heavy (non-hydrogen) atoms. The Bertz CT molecular complexity index is 1590. The van der Waals surface area contributed by atoms with Crippen molar-refractivity contribution >= 4 is 62.3 Å². The van der Waals surface area contributed by atoms with E-state index in [2.05, 4.69) is 5.32 Å². The summed E-state index contributed by atoms with van der Waals surface area (Å²) >= 11 is 18.2. The van der Waals surface area contributed by atoms with E-state index in [0.717, 1.165) is 22.6 Å². The second-order valence-corrected chi connectivity index (χ2v) is 12.7. The monoisotopic (exact) mass is 677 g/mol. The van der Waals surface area contributed by atoms with Crippen LogP contribution in [0.5, 0.6) is 0 Å². The highest BCUT2D eigenvalue weighted by molar-refractivity contribution is 7.92. The number of benzene rings is 3. The molecule has 3 aromatic carbocycles. The Morgan fingerprint density at radius 3 is 2.14 bits per heavy atom. The summed E-state index contributed by atoms with van der Waals surface area (Å²) in [5.41, 5.74) is -0.560. The van der Waals surface area contributed by atoms with Gasteiger partial charge in [0.1, 0.15) is 12.6 Å². The third-order valence-electron chi connectivity index (χ3n) is 6.52. The van der Waals surface area contributed by atoms with Crippen LogP contribution in [0.15, 0.2) is 65.6 Å². The summed E-state index contributed by atoms with van der Waals surface area (Å²) < 4.78 is 69.7. The summed E-state index contributed by atoms with van der Waals surface area (Å²) in [4.78, 5) is 27.9. The van der Waals surface area contributed by atoms with Gasteiger partial charge in [0, 0.05) is 23.1 Å². The first-order chi connectivity index (χ1) is 20.1. The number of nitrogens with zero attached hydrogens (tertiary/aromatic N) is 2. The van der Waals surface area contributed by atoms with Crippen LogP contribution < -0.4 is 9.62 Å². The van der Waals surface area contributed by atoms with Gasteiger partial charge in [0.15, 0.2) is 0 Å². The van der Waals surface area contributed by atoms with Crippen LogP contribution >= 0.6 is 34.8 Å². The highest BCUT2D eigenvalue weighted by Gasteiger charge is 2.37. The molecule has 3 rings (SSSR count). The Hall–Kier alpha value is -2.99. The van der Waals surface area contributed by atoms with Gasteiger partial charge >= 0.3 is 6.18 Å². The van der Waals surface area contributed by atoms with Gasteiger partial charge in [-0.15, -0.1) is 0 Å². The molecule has 0 aromatic heterocycles. The molecular formula is C29H29Cl3F3N3O4S. The Kier molecular flexibility index (Phi) is 11.4. The maximum absolute atomic E-state index is 14.0. The van der Waals surface area contributed by atoms with E-state index in [1.165, 1.54) is 30.3 Å². The zero-order valence-corrected chi connectivity index (χ0v) is 26.5. The molecule has 2 amide bonds. The fraction of sp³-hybridized carbons (Fsp3) is 0.310. The van der Waals surface area contributed by atoms with Crippen LogP contribution in [0.2, 0.25) is 15.1 Å². The second-order valence-electron chi connectivity index (χ2n) is 9.56. The number of anilines is 1. The number of carbonyl (C=O) groups excluding carboxylic acids is 2. The van der Waals surface area contributed by atoms with E-state index in [9.17, 15) is 31.2 Å². The van der Waals surface area contributed by atoms with Crippen LogP contribution in [0.3, 0.4) is 0 Å². The standard InChI is InChI=1S/C29H29Cl3F3N3O4S/c1-4-26(28(40)36-5-2)37(16-19-8-9-20(30)14-25(19)32)27(39)17-38(43(41,42)22-11-6-18(3)7-12-22)21-10-13-24(31)23(15-21)29(33,34)35/h6-15,26H,4-5,16-17H2,1-3H3,(H,36,40)/t26-/m0/s1. The average molecular weight is 679 g/mol. The number of sulfonamides is 1. The highest BCUT2D eigenvalue weighted by atomic mass is 35.5. The lowest BCUT2D eigenvalue weighted by Crippen LogP contribution is -2.52. The van der Waals surface area contributed by atoms with E-state index in [0.29, 0.717) is 21.0 Å². The molecule has 0 aliphatic carbocycles. The molecule has 232 valence electrons. The molecule has 7 nitrogen and oxygen atoms in total. The lowest BCUT2D eigenvalue weighted by atomic mass is 10.1. The Labute approximate surface area is 263 Å². The van der Waals surface area contributed by atoms with Gasteiger partial charge in [-0.1, -0.05) is 65.5 Å². The molecule has 0 saturated heterocycles. The molecule has 0 unspecified atom stereocenters. The average Bonchev–Trinajstić information content (AvgIpc) is 2.92. The zero-order chi connectivity index (χ0) is 32.1. The lowest BCUT2D eigenvalue weighted by molar-refractivity contribution is -0.140. The lowest BCUT2D eigenvalue weighted by Gasteiger charge is -2.33. The van der Waals surface area contributed by atoms with E-state index in [1.54, 1.807) is 32.9 Å². The van der Waals surface area contributed by atoms with Gasteiger partial charge in [0.2, 0.25) is 11.8 Å². The molecule has 0 heterocycles. The van der Waals surface area contributed by atoms with Crippen LogP contribution in [0.1, 0.15) is 37.0 Å². The van der Waals surface area contributed by atoms with Crippen molar-refractivity contribution in [1.82, 2.24) is 10.2 Å². The topological polar surface area (TPSA) is 86.8 Å². The molecular weight excluding hydrogens is 650 g/mol. The SMILES string of the molecule is CCNC(=O)[C@H](CC)N(Cc1ccc(Cl)cc1Cl)C(=O)CN(c1ccc(Cl)c(C(F)(F)F)c1)S(=O)(=O)c1ccc(C)cc1. The van der Waals surface area contributed by atoms with Crippen molar-refractivity contribution in [3.63, 3.8) is 0 Å². The molecule has 0 saturated carbocycles. The molecule has 1 N–H and O–H groups in total. The molecule has 1 atom stereocenters. The number of likely N-dealkylation sites (N-methyl/N-ethyl adjacent to an activating group) is 1. The first kappa shape index (κ1) is 34.5. The van der Waals surface area contributed by atoms with E-state index in [1.807, 2.05) is 0 Å². The number of amides is 2. The van der Waals surface area contributed by atoms with E-state index in [-0.39, 0.29) is 29.4 Å². The van der Waals surface area contributed by atoms with Gasteiger partial charge in [0.25, 0.3) is 10.0 Å². The van der Waals surface area contributed by atoms with Gasteiger partial charge in [-0.05, 0) is 68.3 Å². The van der Waals surface area contributed by atoms with E-state index in [4.69, 9.17) is 34.8 Å². The number of hydrogen-bond donors (Lipinski definition) is 1. The molecule has 0 aliphatic rings. The number of hydrogen-bond acceptors (Lipinski definition) is 4. The number of nitrogens with one attached hydrogen (secondary N) is 1. The van der Waals surface area contributed by atoms with Gasteiger partial charge in [-0.3, -0.25) is 13.9 Å². The maximum atomic E-state index is 14.0. The van der Waals surface area contributed by atoms with E-state index >= 15 is 0 Å². The maximum Gasteiger partial charge on any atom is 0.417 e. The van der Waals surface area contributed by atoms with Gasteiger partial charge < -0.3 is 10.2 Å². The van der Waals surface area contributed by atoms with Crippen LogP contribution in [-0.4, -0.2) is 44.3 Å². The third-order valence-corrected chi connectivity index (χ3v) is 9.23. The summed E-state index contributed by atoms with van der Waals surface area (Å²) in [6, 6.07) is 11.7. The fourth-order valence-corrected chi connectivity index (χ4v) is 6.40. The van der Waals surface area contributed by atoms with Gasteiger partial charge in [-0.25, -0.2) is 8.42 Å². The minimum absolute atomic E-state index is 0.145. The van der Waals surface area contributed by atoms with E-state index < -0.39 is 56.9 Å². The molecule has 0 radical (unpaired) electrons. The number of halogens is 6. The van der Waals surface area contributed by atoms with Gasteiger partial charge in [-0.2, -0.15) is 13.2 Å². The predicted molar refractivity (Wildman–Crippen MR) is 162 cm³/mol. The Morgan fingerprint density at radius 2 is 1.58 bits per heavy atom. The van der Waals surface area contributed by atoms with Crippen molar-refractivity contribution < 1.29 is 31.2 Å². The summed E-state index contributed by atoms with van der Waals surface area (Å²) in [6.07, 6.45) is -4.76. The zero-order valence-electron chi connectivity index (χ0n) is 23.4. The fourth-order valence-electron chi connectivity index (χ4n) is 4.30. The van der Waals surface area contributed by atoms with Crippen LogP contribution in [0.25, 0.3) is 0 Å². The quantitative estimate of drug-likeness (QED) is 0.234. The summed E-state index contributed by atoms with van der Waals surface area (Å²) in [6.45, 7) is 4.21. The first-order valence-corrected chi connectivity index (χ1v) is 15.6. The summed E-state index contributed by atoms with van der Waals surface area (Å²) in [7, 11) is -4.59. The smallest absolute Gasteiger partial charge is 0.355 e. The summed E-state index contributed by atoms with van der Waals surface area (Å²) in [5.74, 6) is -1.36. The Morgan fingerprint density at radius 1 is 0.930 bits per heavy atom. The Balaban J connectivity index is 2.17. The minimum Gasteiger partial charge on any atom is -0.355 e. The largest absolute Gasteiger partial charge is 0.417 e. The normalized spacial score (nSPS) is 12.5. The number of rotatable bonds is 11. The highest BCUT2D eigenvalue weighted by Crippen LogP contribution is 2.38.